The third-order valence-corrected chi connectivity index (χ3v) is 5.66. The molecule has 2 aromatic carbocycles. The van der Waals surface area contributed by atoms with E-state index in [0.717, 1.165) is 10.9 Å². The molecule has 8 nitrogen and oxygen atoms in total. The monoisotopic (exact) mass is 389 g/mol. The number of H-pyrrole nitrogens is 1. The van der Waals surface area contributed by atoms with Crippen LogP contribution in [0.25, 0.3) is 22.4 Å². The van der Waals surface area contributed by atoms with Crippen molar-refractivity contribution in [1.29, 1.82) is 0 Å². The zero-order valence-electron chi connectivity index (χ0n) is 13.2. The van der Waals surface area contributed by atoms with Gasteiger partial charge in [-0.05, 0) is 42.5 Å². The molecule has 4 aromatic rings. The first-order valence-electron chi connectivity index (χ1n) is 7.47. The van der Waals surface area contributed by atoms with Crippen molar-refractivity contribution in [3.05, 3.63) is 53.4 Å². The van der Waals surface area contributed by atoms with Crippen LogP contribution in [-0.4, -0.2) is 28.8 Å². The van der Waals surface area contributed by atoms with Crippen LogP contribution in [0.4, 0.5) is 5.82 Å². The minimum atomic E-state index is -3.62. The van der Waals surface area contributed by atoms with Crippen LogP contribution >= 0.6 is 11.6 Å². The molecule has 0 unspecified atom stereocenters. The van der Waals surface area contributed by atoms with Crippen molar-refractivity contribution in [2.75, 3.05) is 5.73 Å². The summed E-state index contributed by atoms with van der Waals surface area (Å²) in [6.07, 6.45) is 0. The lowest BCUT2D eigenvalue weighted by molar-refractivity contribution is 0.518. The van der Waals surface area contributed by atoms with E-state index in [4.69, 9.17) is 21.8 Å². The van der Waals surface area contributed by atoms with Gasteiger partial charge in [0, 0.05) is 16.0 Å². The molecule has 4 rings (SSSR count). The van der Waals surface area contributed by atoms with E-state index in [9.17, 15) is 8.42 Å². The number of nitrogen functional groups attached to an aromatic ring is 1. The van der Waals surface area contributed by atoms with E-state index in [1.54, 1.807) is 18.2 Å². The molecule has 0 atom stereocenters. The molecule has 0 amide bonds. The van der Waals surface area contributed by atoms with Crippen LogP contribution < -0.4 is 5.73 Å². The van der Waals surface area contributed by atoms with Crippen molar-refractivity contribution in [2.45, 2.75) is 10.6 Å². The zero-order valence-corrected chi connectivity index (χ0v) is 14.8. The molecule has 0 saturated carbocycles. The molecule has 3 N–H and O–H groups in total. The topological polar surface area (TPSA) is 128 Å². The summed E-state index contributed by atoms with van der Waals surface area (Å²) >= 11 is 5.79. The van der Waals surface area contributed by atoms with Crippen LogP contribution in [0, 0.1) is 0 Å². The number of sulfone groups is 1. The molecule has 0 bridgehead atoms. The lowest BCUT2D eigenvalue weighted by Gasteiger charge is -2.01. The second-order valence-corrected chi connectivity index (χ2v) is 8.01. The number of aromatic nitrogens is 4. The van der Waals surface area contributed by atoms with Gasteiger partial charge in [-0.1, -0.05) is 11.6 Å². The summed E-state index contributed by atoms with van der Waals surface area (Å²) in [5, 5.41) is 15.7. The fraction of sp³-hybridized carbons (Fsp3) is 0.0625. The molecule has 0 saturated heterocycles. The van der Waals surface area contributed by atoms with E-state index in [0.29, 0.717) is 16.4 Å². The molecule has 0 fully saturated rings. The largest absolute Gasteiger partial charge is 0.420 e. The lowest BCUT2D eigenvalue weighted by Crippen LogP contribution is -2.05. The Morgan fingerprint density at radius 1 is 1.12 bits per heavy atom. The number of aromatic amines is 1. The number of nitrogens with one attached hydrogen (secondary N) is 1. The summed E-state index contributed by atoms with van der Waals surface area (Å²) in [4.78, 5) is 0.134. The average Bonchev–Trinajstić information content (AvgIpc) is 3.22. The van der Waals surface area contributed by atoms with Crippen molar-refractivity contribution in [3.63, 3.8) is 0 Å². The Hall–Kier alpha value is -2.91. The zero-order chi connectivity index (χ0) is 18.3. The lowest BCUT2D eigenvalue weighted by atomic mass is 10.1. The number of fused-ring (bicyclic) bond motifs is 1. The third kappa shape index (κ3) is 3.02. The number of benzene rings is 2. The van der Waals surface area contributed by atoms with Gasteiger partial charge < -0.3 is 10.2 Å². The quantitative estimate of drug-likeness (QED) is 0.549. The van der Waals surface area contributed by atoms with Crippen LogP contribution in [0.5, 0.6) is 0 Å². The Bertz CT molecular complexity index is 1200. The molecule has 10 heteroatoms. The molecular formula is C16H12ClN5O3S. The van der Waals surface area contributed by atoms with Gasteiger partial charge in [0.2, 0.25) is 11.8 Å². The van der Waals surface area contributed by atoms with Crippen LogP contribution in [0.2, 0.25) is 5.02 Å². The number of nitrogens with zero attached hydrogens (tertiary/aromatic N) is 3. The summed E-state index contributed by atoms with van der Waals surface area (Å²) in [5.41, 5.74) is 7.18. The van der Waals surface area contributed by atoms with Crippen molar-refractivity contribution < 1.29 is 12.8 Å². The molecule has 0 aliphatic carbocycles. The minimum Gasteiger partial charge on any atom is -0.420 e. The average molecular weight is 390 g/mol. The number of nitrogens with two attached hydrogens (primary N) is 1. The van der Waals surface area contributed by atoms with Gasteiger partial charge in [0.05, 0.1) is 10.4 Å². The number of halogens is 1. The van der Waals surface area contributed by atoms with Crippen molar-refractivity contribution in [2.24, 2.45) is 0 Å². The van der Waals surface area contributed by atoms with Gasteiger partial charge in [-0.15, -0.1) is 10.2 Å². The van der Waals surface area contributed by atoms with Crippen LogP contribution in [0.1, 0.15) is 5.89 Å². The molecule has 2 heterocycles. The fourth-order valence-corrected chi connectivity index (χ4v) is 3.77. The molecule has 0 aliphatic rings. The highest BCUT2D eigenvalue weighted by molar-refractivity contribution is 7.90. The highest BCUT2D eigenvalue weighted by atomic mass is 35.5. The Kier molecular flexibility index (Phi) is 3.89. The Labute approximate surface area is 152 Å². The maximum Gasteiger partial charge on any atom is 0.247 e. The maximum absolute atomic E-state index is 12.4. The van der Waals surface area contributed by atoms with Gasteiger partial charge in [-0.3, -0.25) is 5.10 Å². The van der Waals surface area contributed by atoms with Crippen molar-refractivity contribution in [1.82, 2.24) is 20.4 Å². The summed E-state index contributed by atoms with van der Waals surface area (Å²) in [5.74, 6) is 0.147. The first kappa shape index (κ1) is 16.6. The van der Waals surface area contributed by atoms with Gasteiger partial charge in [0.15, 0.2) is 15.7 Å². The predicted molar refractivity (Wildman–Crippen MR) is 96.1 cm³/mol. The van der Waals surface area contributed by atoms with E-state index in [2.05, 4.69) is 20.4 Å². The number of hydrogen-bond donors (Lipinski definition) is 2. The fourth-order valence-electron chi connectivity index (χ4n) is 2.48. The first-order chi connectivity index (χ1) is 12.4. The minimum absolute atomic E-state index is 0.00443. The second kappa shape index (κ2) is 6.11. The number of hydrogen-bond acceptors (Lipinski definition) is 7. The predicted octanol–water partition coefficient (Wildman–Crippen LogP) is 2.82. The Balaban J connectivity index is 1.63. The first-order valence-corrected chi connectivity index (χ1v) is 9.50. The van der Waals surface area contributed by atoms with Crippen molar-refractivity contribution in [3.8, 4) is 11.5 Å². The van der Waals surface area contributed by atoms with Crippen LogP contribution in [0.3, 0.4) is 0 Å². The highest BCUT2D eigenvalue weighted by Gasteiger charge is 2.20. The van der Waals surface area contributed by atoms with E-state index in [-0.39, 0.29) is 16.7 Å². The molecule has 2 aromatic heterocycles. The molecule has 0 radical (unpaired) electrons. The van der Waals surface area contributed by atoms with E-state index in [1.807, 2.05) is 0 Å². The summed E-state index contributed by atoms with van der Waals surface area (Å²) < 4.78 is 30.4. The normalized spacial score (nSPS) is 11.9. The van der Waals surface area contributed by atoms with Gasteiger partial charge >= 0.3 is 0 Å². The number of anilines is 1. The van der Waals surface area contributed by atoms with Gasteiger partial charge in [-0.2, -0.15) is 5.10 Å². The SMILES string of the molecule is Nc1n[nH]c2ccc(-c3nnc(CS(=O)(=O)c4ccc(Cl)cc4)o3)cc12. The smallest absolute Gasteiger partial charge is 0.247 e. The maximum atomic E-state index is 12.4. The summed E-state index contributed by atoms with van der Waals surface area (Å²) in [6.45, 7) is 0. The summed E-state index contributed by atoms with van der Waals surface area (Å²) in [6, 6.07) is 11.2. The van der Waals surface area contributed by atoms with Crippen LogP contribution in [-0.2, 0) is 15.6 Å². The molecule has 0 spiro atoms. The number of rotatable bonds is 4. The Morgan fingerprint density at radius 2 is 1.88 bits per heavy atom. The standard InChI is InChI=1S/C16H12ClN5O3S/c17-10-2-4-11(5-3-10)26(23,24)8-14-20-22-16(25-14)9-1-6-13-12(7-9)15(18)21-19-13/h1-7H,8H2,(H3,18,19,21). The van der Waals surface area contributed by atoms with Gasteiger partial charge in [0.25, 0.3) is 0 Å². The second-order valence-electron chi connectivity index (χ2n) is 5.58. The molecule has 26 heavy (non-hydrogen) atoms. The van der Waals surface area contributed by atoms with Gasteiger partial charge in [-0.25, -0.2) is 8.42 Å². The highest BCUT2D eigenvalue weighted by Crippen LogP contribution is 2.26. The van der Waals surface area contributed by atoms with E-state index in [1.165, 1.54) is 24.3 Å². The van der Waals surface area contributed by atoms with Gasteiger partial charge in [0.1, 0.15) is 5.75 Å². The van der Waals surface area contributed by atoms with E-state index >= 15 is 0 Å². The summed E-state index contributed by atoms with van der Waals surface area (Å²) in [7, 11) is -3.62. The van der Waals surface area contributed by atoms with E-state index < -0.39 is 15.6 Å². The third-order valence-electron chi connectivity index (χ3n) is 3.79. The Morgan fingerprint density at radius 3 is 2.65 bits per heavy atom. The molecule has 132 valence electrons. The molecule has 0 aliphatic heterocycles. The molecular weight excluding hydrogens is 378 g/mol. The van der Waals surface area contributed by atoms with Crippen molar-refractivity contribution >= 4 is 38.2 Å². The van der Waals surface area contributed by atoms with Crippen LogP contribution in [0.15, 0.2) is 51.8 Å².